The largest absolute Gasteiger partial charge is 0.398 e. The maximum absolute atomic E-state index is 12.4. The van der Waals surface area contributed by atoms with Crippen molar-refractivity contribution in [2.45, 2.75) is 19.1 Å². The fraction of sp³-hybridized carbons (Fsp3) is 0.500. The molecule has 0 radical (unpaired) electrons. The predicted molar refractivity (Wildman–Crippen MR) is 73.1 cm³/mol. The molecule has 0 aliphatic carbocycles. The Hall–Kier alpha value is -1.59. The van der Waals surface area contributed by atoms with E-state index in [0.29, 0.717) is 24.3 Å². The van der Waals surface area contributed by atoms with Gasteiger partial charge >= 0.3 is 0 Å². The monoisotopic (exact) mass is 264 g/mol. The summed E-state index contributed by atoms with van der Waals surface area (Å²) in [7, 11) is 3.27. The molecule has 0 aromatic heterocycles. The molecule has 1 aromatic rings. The Morgan fingerprint density at radius 3 is 2.32 bits per heavy atom. The van der Waals surface area contributed by atoms with Gasteiger partial charge in [0.2, 0.25) is 0 Å². The topological polar surface area (TPSA) is 64.8 Å². The van der Waals surface area contributed by atoms with E-state index in [1.54, 1.807) is 31.3 Å². The fourth-order valence-corrected chi connectivity index (χ4v) is 2.32. The zero-order valence-electron chi connectivity index (χ0n) is 11.6. The standard InChI is InChI=1S/C14H20N2O3/c1-9-4-5-10(6-11(9)15)14(17)16-7-12(18-2)13(8-16)19-3/h4-6,12-13H,7-8,15H2,1-3H3. The lowest BCUT2D eigenvalue weighted by Crippen LogP contribution is -2.30. The van der Waals surface area contributed by atoms with Crippen LogP contribution in [0.2, 0.25) is 0 Å². The lowest BCUT2D eigenvalue weighted by molar-refractivity contribution is -0.00461. The molecule has 0 spiro atoms. The Labute approximate surface area is 113 Å². The molecule has 5 nitrogen and oxygen atoms in total. The highest BCUT2D eigenvalue weighted by atomic mass is 16.5. The second-order valence-electron chi connectivity index (χ2n) is 4.83. The number of nitrogens with zero attached hydrogens (tertiary/aromatic N) is 1. The van der Waals surface area contributed by atoms with E-state index in [9.17, 15) is 4.79 Å². The molecular weight excluding hydrogens is 244 g/mol. The molecule has 1 heterocycles. The van der Waals surface area contributed by atoms with Gasteiger partial charge in [-0.15, -0.1) is 0 Å². The summed E-state index contributed by atoms with van der Waals surface area (Å²) in [6, 6.07) is 5.38. The second-order valence-corrected chi connectivity index (χ2v) is 4.83. The SMILES string of the molecule is COC1CN(C(=O)c2ccc(C)c(N)c2)CC1OC. The minimum absolute atomic E-state index is 0.0340. The number of methoxy groups -OCH3 is 2. The van der Waals surface area contributed by atoms with Crippen LogP contribution >= 0.6 is 0 Å². The Bertz CT molecular complexity index is 464. The third kappa shape index (κ3) is 2.72. The van der Waals surface area contributed by atoms with Crippen LogP contribution < -0.4 is 5.73 Å². The first-order valence-electron chi connectivity index (χ1n) is 6.27. The molecule has 19 heavy (non-hydrogen) atoms. The van der Waals surface area contributed by atoms with Crippen LogP contribution in [0.5, 0.6) is 0 Å². The molecule has 104 valence electrons. The van der Waals surface area contributed by atoms with Crippen molar-refractivity contribution in [1.29, 1.82) is 0 Å². The molecule has 5 heteroatoms. The first-order chi connectivity index (χ1) is 9.06. The first kappa shape index (κ1) is 13.8. The molecule has 0 bridgehead atoms. The second kappa shape index (κ2) is 5.59. The van der Waals surface area contributed by atoms with E-state index in [1.165, 1.54) is 0 Å². The minimum atomic E-state index is -0.0725. The van der Waals surface area contributed by atoms with Gasteiger partial charge in [0.15, 0.2) is 0 Å². The molecule has 2 atom stereocenters. The number of hydrogen-bond donors (Lipinski definition) is 1. The number of ether oxygens (including phenoxy) is 2. The summed E-state index contributed by atoms with van der Waals surface area (Å²) in [5.41, 5.74) is 8.06. The zero-order chi connectivity index (χ0) is 14.0. The first-order valence-corrected chi connectivity index (χ1v) is 6.27. The van der Waals surface area contributed by atoms with Gasteiger partial charge in [-0.3, -0.25) is 4.79 Å². The van der Waals surface area contributed by atoms with Crippen molar-refractivity contribution in [3.63, 3.8) is 0 Å². The molecule has 0 saturated carbocycles. The van der Waals surface area contributed by atoms with Crippen molar-refractivity contribution in [3.8, 4) is 0 Å². The molecule has 2 N–H and O–H groups in total. The van der Waals surface area contributed by atoms with E-state index >= 15 is 0 Å². The van der Waals surface area contributed by atoms with Gasteiger partial charge in [-0.2, -0.15) is 0 Å². The molecule has 1 amide bonds. The summed E-state index contributed by atoms with van der Waals surface area (Å²) in [6.07, 6.45) is -0.145. The van der Waals surface area contributed by atoms with Crippen LogP contribution in [-0.2, 0) is 9.47 Å². The molecule has 1 saturated heterocycles. The average molecular weight is 264 g/mol. The summed E-state index contributed by atoms with van der Waals surface area (Å²) in [5, 5.41) is 0. The van der Waals surface area contributed by atoms with E-state index in [0.717, 1.165) is 5.56 Å². The van der Waals surface area contributed by atoms with Crippen LogP contribution in [-0.4, -0.2) is 50.3 Å². The van der Waals surface area contributed by atoms with E-state index < -0.39 is 0 Å². The van der Waals surface area contributed by atoms with Crippen molar-refractivity contribution >= 4 is 11.6 Å². The van der Waals surface area contributed by atoms with Crippen LogP contribution in [0.3, 0.4) is 0 Å². The van der Waals surface area contributed by atoms with Crippen molar-refractivity contribution < 1.29 is 14.3 Å². The lowest BCUT2D eigenvalue weighted by Gasteiger charge is -2.16. The van der Waals surface area contributed by atoms with Crippen LogP contribution in [0, 0.1) is 6.92 Å². The quantitative estimate of drug-likeness (QED) is 0.829. The molecule has 1 aliphatic rings. The van der Waals surface area contributed by atoms with Gasteiger partial charge in [0.05, 0.1) is 0 Å². The van der Waals surface area contributed by atoms with Gasteiger partial charge < -0.3 is 20.1 Å². The number of nitrogen functional groups attached to an aromatic ring is 1. The van der Waals surface area contributed by atoms with Gasteiger partial charge in [0, 0.05) is 38.6 Å². The van der Waals surface area contributed by atoms with Crippen LogP contribution in [0.15, 0.2) is 18.2 Å². The minimum Gasteiger partial charge on any atom is -0.398 e. The summed E-state index contributed by atoms with van der Waals surface area (Å²) in [6.45, 7) is 3.00. The Morgan fingerprint density at radius 2 is 1.84 bits per heavy atom. The lowest BCUT2D eigenvalue weighted by atomic mass is 10.1. The fourth-order valence-electron chi connectivity index (χ4n) is 2.32. The number of rotatable bonds is 3. The van der Waals surface area contributed by atoms with Crippen molar-refractivity contribution in [2.24, 2.45) is 0 Å². The van der Waals surface area contributed by atoms with Gasteiger partial charge in [-0.1, -0.05) is 6.07 Å². The maximum atomic E-state index is 12.4. The Balaban J connectivity index is 2.14. The van der Waals surface area contributed by atoms with Gasteiger partial charge in [0.1, 0.15) is 12.2 Å². The van der Waals surface area contributed by atoms with Gasteiger partial charge in [-0.05, 0) is 24.6 Å². The number of nitrogens with two attached hydrogens (primary N) is 1. The van der Waals surface area contributed by atoms with E-state index in [2.05, 4.69) is 0 Å². The molecular formula is C14H20N2O3. The summed E-state index contributed by atoms with van der Waals surface area (Å²) in [5.74, 6) is -0.0340. The van der Waals surface area contributed by atoms with Crippen molar-refractivity contribution in [2.75, 3.05) is 33.0 Å². The van der Waals surface area contributed by atoms with E-state index in [4.69, 9.17) is 15.2 Å². The Kier molecular flexibility index (Phi) is 4.07. The normalized spacial score (nSPS) is 22.8. The Morgan fingerprint density at radius 1 is 1.26 bits per heavy atom. The third-order valence-corrected chi connectivity index (χ3v) is 3.63. The molecule has 1 aromatic carbocycles. The number of likely N-dealkylation sites (tertiary alicyclic amines) is 1. The highest BCUT2D eigenvalue weighted by Crippen LogP contribution is 2.20. The molecule has 1 aliphatic heterocycles. The average Bonchev–Trinajstić information content (AvgIpc) is 2.84. The molecule has 2 rings (SSSR count). The molecule has 2 unspecified atom stereocenters. The summed E-state index contributed by atoms with van der Waals surface area (Å²) in [4.78, 5) is 14.1. The van der Waals surface area contributed by atoms with E-state index in [1.807, 2.05) is 13.0 Å². The summed E-state index contributed by atoms with van der Waals surface area (Å²) < 4.78 is 10.7. The highest BCUT2D eigenvalue weighted by molar-refractivity contribution is 5.95. The highest BCUT2D eigenvalue weighted by Gasteiger charge is 2.35. The number of benzene rings is 1. The number of hydrogen-bond acceptors (Lipinski definition) is 4. The van der Waals surface area contributed by atoms with Crippen LogP contribution in [0.25, 0.3) is 0 Å². The zero-order valence-corrected chi connectivity index (χ0v) is 11.6. The van der Waals surface area contributed by atoms with E-state index in [-0.39, 0.29) is 18.1 Å². The number of aryl methyl sites for hydroxylation is 1. The number of carbonyl (C=O) groups is 1. The third-order valence-electron chi connectivity index (χ3n) is 3.63. The summed E-state index contributed by atoms with van der Waals surface area (Å²) >= 11 is 0. The molecule has 1 fully saturated rings. The van der Waals surface area contributed by atoms with Crippen LogP contribution in [0.1, 0.15) is 15.9 Å². The van der Waals surface area contributed by atoms with Crippen LogP contribution in [0.4, 0.5) is 5.69 Å². The maximum Gasteiger partial charge on any atom is 0.254 e. The number of anilines is 1. The smallest absolute Gasteiger partial charge is 0.254 e. The predicted octanol–water partition coefficient (Wildman–Crippen LogP) is 1.06. The van der Waals surface area contributed by atoms with Crippen molar-refractivity contribution in [1.82, 2.24) is 4.90 Å². The number of carbonyl (C=O) groups excluding carboxylic acids is 1. The van der Waals surface area contributed by atoms with Crippen molar-refractivity contribution in [3.05, 3.63) is 29.3 Å². The number of amides is 1. The van der Waals surface area contributed by atoms with Gasteiger partial charge in [-0.25, -0.2) is 0 Å². The van der Waals surface area contributed by atoms with Gasteiger partial charge in [0.25, 0.3) is 5.91 Å².